The molecule has 2 rings (SSSR count). The molecule has 1 amide bonds. The van der Waals surface area contributed by atoms with E-state index < -0.39 is 6.04 Å². The molecule has 1 atom stereocenters. The van der Waals surface area contributed by atoms with E-state index in [9.17, 15) is 4.79 Å². The van der Waals surface area contributed by atoms with Gasteiger partial charge < -0.3 is 15.2 Å². The van der Waals surface area contributed by atoms with Crippen molar-refractivity contribution in [2.24, 2.45) is 5.73 Å². The average Bonchev–Trinajstić information content (AvgIpc) is 2.62. The first-order chi connectivity index (χ1) is 6.68. The zero-order chi connectivity index (χ0) is 10.1. The zero-order valence-corrected chi connectivity index (χ0v) is 8.18. The minimum atomic E-state index is -0.420. The van der Waals surface area contributed by atoms with Crippen molar-refractivity contribution >= 4 is 5.91 Å². The Balaban J connectivity index is 2.11. The summed E-state index contributed by atoms with van der Waals surface area (Å²) in [5.41, 5.74) is 5.54. The van der Waals surface area contributed by atoms with Crippen LogP contribution in [0.5, 0.6) is 0 Å². The molecule has 1 aliphatic heterocycles. The number of hydrogen-bond acceptors (Lipinski definition) is 3. The molecule has 0 fully saturated rings. The van der Waals surface area contributed by atoms with Crippen LogP contribution in [-0.4, -0.2) is 32.9 Å². The number of nitrogens with zero attached hydrogens (tertiary/aromatic N) is 3. The van der Waals surface area contributed by atoms with Gasteiger partial charge in [0.1, 0.15) is 5.82 Å². The van der Waals surface area contributed by atoms with Crippen LogP contribution < -0.4 is 5.73 Å². The minimum Gasteiger partial charge on any atom is -0.332 e. The first kappa shape index (κ1) is 9.21. The van der Waals surface area contributed by atoms with E-state index in [4.69, 9.17) is 5.73 Å². The summed E-state index contributed by atoms with van der Waals surface area (Å²) in [5, 5.41) is 0. The van der Waals surface area contributed by atoms with Crippen LogP contribution >= 0.6 is 0 Å². The molecular formula is C9H14N4O. The Morgan fingerprint density at radius 2 is 2.43 bits per heavy atom. The molecule has 0 radical (unpaired) electrons. The van der Waals surface area contributed by atoms with E-state index in [2.05, 4.69) is 9.55 Å². The van der Waals surface area contributed by atoms with Gasteiger partial charge in [0.25, 0.3) is 0 Å². The van der Waals surface area contributed by atoms with Gasteiger partial charge in [-0.3, -0.25) is 4.79 Å². The molecule has 0 spiro atoms. The summed E-state index contributed by atoms with van der Waals surface area (Å²) in [4.78, 5) is 17.5. The molecule has 0 saturated heterocycles. The Labute approximate surface area is 82.5 Å². The van der Waals surface area contributed by atoms with Crippen molar-refractivity contribution in [3.05, 3.63) is 18.2 Å². The lowest BCUT2D eigenvalue weighted by Crippen LogP contribution is -2.45. The first-order valence-corrected chi connectivity index (χ1v) is 4.73. The molecule has 0 aromatic carbocycles. The molecule has 0 unspecified atom stereocenters. The van der Waals surface area contributed by atoms with Crippen LogP contribution in [0.25, 0.3) is 0 Å². The molecule has 0 saturated carbocycles. The van der Waals surface area contributed by atoms with Crippen LogP contribution in [0, 0.1) is 0 Å². The second-order valence-corrected chi connectivity index (χ2v) is 3.59. The van der Waals surface area contributed by atoms with Crippen molar-refractivity contribution in [2.75, 3.05) is 6.54 Å². The lowest BCUT2D eigenvalue weighted by atomic mass is 10.2. The molecule has 0 bridgehead atoms. The maximum atomic E-state index is 11.6. The highest BCUT2D eigenvalue weighted by Gasteiger charge is 2.22. The average molecular weight is 194 g/mol. The predicted octanol–water partition coefficient (Wildman–Crippen LogP) is -0.427. The molecule has 5 nitrogen and oxygen atoms in total. The summed E-state index contributed by atoms with van der Waals surface area (Å²) in [6, 6.07) is -0.420. The van der Waals surface area contributed by atoms with Gasteiger partial charge >= 0.3 is 0 Å². The van der Waals surface area contributed by atoms with Crippen LogP contribution in [0.1, 0.15) is 12.7 Å². The lowest BCUT2D eigenvalue weighted by molar-refractivity contribution is -0.133. The van der Waals surface area contributed by atoms with Crippen molar-refractivity contribution in [3.63, 3.8) is 0 Å². The smallest absolute Gasteiger partial charge is 0.239 e. The van der Waals surface area contributed by atoms with Crippen molar-refractivity contribution in [3.8, 4) is 0 Å². The Hall–Kier alpha value is -1.36. The van der Waals surface area contributed by atoms with Crippen molar-refractivity contribution in [1.82, 2.24) is 14.5 Å². The van der Waals surface area contributed by atoms with Gasteiger partial charge in [0.15, 0.2) is 0 Å². The number of imidazole rings is 1. The number of nitrogens with two attached hydrogens (primary N) is 1. The van der Waals surface area contributed by atoms with Gasteiger partial charge in [-0.1, -0.05) is 0 Å². The van der Waals surface area contributed by atoms with E-state index in [1.807, 2.05) is 6.20 Å². The summed E-state index contributed by atoms with van der Waals surface area (Å²) in [7, 11) is 0. The SMILES string of the molecule is C[C@H](N)C(=O)N1CCn2ccnc2C1. The van der Waals surface area contributed by atoms with Crippen molar-refractivity contribution in [2.45, 2.75) is 26.1 Å². The Bertz CT molecular complexity index is 344. The summed E-state index contributed by atoms with van der Waals surface area (Å²) < 4.78 is 2.06. The monoisotopic (exact) mass is 194 g/mol. The van der Waals surface area contributed by atoms with E-state index in [1.54, 1.807) is 18.0 Å². The van der Waals surface area contributed by atoms with Crippen LogP contribution in [0.15, 0.2) is 12.4 Å². The van der Waals surface area contributed by atoms with Gasteiger partial charge in [0.2, 0.25) is 5.91 Å². The van der Waals surface area contributed by atoms with Crippen LogP contribution in [0.4, 0.5) is 0 Å². The third-order valence-electron chi connectivity index (χ3n) is 2.45. The predicted molar refractivity (Wildman–Crippen MR) is 51.3 cm³/mol. The normalized spacial score (nSPS) is 17.7. The van der Waals surface area contributed by atoms with Gasteiger partial charge in [-0.05, 0) is 6.92 Å². The Kier molecular flexibility index (Phi) is 2.25. The number of amides is 1. The maximum absolute atomic E-state index is 11.6. The molecular weight excluding hydrogens is 180 g/mol. The first-order valence-electron chi connectivity index (χ1n) is 4.73. The second-order valence-electron chi connectivity index (χ2n) is 3.59. The standard InChI is InChI=1S/C9H14N4O/c1-7(10)9(14)13-5-4-12-3-2-11-8(12)6-13/h2-3,7H,4-6,10H2,1H3/t7-/m0/s1. The molecule has 1 aliphatic rings. The number of aromatic nitrogens is 2. The van der Waals surface area contributed by atoms with Gasteiger partial charge in [-0.2, -0.15) is 0 Å². The van der Waals surface area contributed by atoms with Gasteiger partial charge in [-0.25, -0.2) is 4.98 Å². The fourth-order valence-corrected chi connectivity index (χ4v) is 1.65. The third kappa shape index (κ3) is 1.50. The largest absolute Gasteiger partial charge is 0.332 e. The zero-order valence-electron chi connectivity index (χ0n) is 8.18. The highest BCUT2D eigenvalue weighted by Crippen LogP contribution is 2.10. The summed E-state index contributed by atoms with van der Waals surface area (Å²) in [6.45, 7) is 3.83. The maximum Gasteiger partial charge on any atom is 0.239 e. The van der Waals surface area contributed by atoms with E-state index in [-0.39, 0.29) is 5.91 Å². The Morgan fingerprint density at radius 3 is 3.14 bits per heavy atom. The molecule has 5 heteroatoms. The van der Waals surface area contributed by atoms with E-state index in [0.29, 0.717) is 6.54 Å². The number of hydrogen-bond donors (Lipinski definition) is 1. The van der Waals surface area contributed by atoms with Crippen molar-refractivity contribution < 1.29 is 4.79 Å². The number of fused-ring (bicyclic) bond motifs is 1. The molecule has 1 aromatic heterocycles. The minimum absolute atomic E-state index is 0.000694. The van der Waals surface area contributed by atoms with Gasteiger partial charge in [0.05, 0.1) is 12.6 Å². The number of carbonyl (C=O) groups excluding carboxylic acids is 1. The third-order valence-corrected chi connectivity index (χ3v) is 2.45. The number of carbonyl (C=O) groups is 1. The van der Waals surface area contributed by atoms with E-state index in [1.165, 1.54) is 0 Å². The topological polar surface area (TPSA) is 64.2 Å². The molecule has 0 aliphatic carbocycles. The summed E-state index contributed by atoms with van der Waals surface area (Å²) in [5.74, 6) is 0.935. The number of rotatable bonds is 1. The van der Waals surface area contributed by atoms with E-state index >= 15 is 0 Å². The van der Waals surface area contributed by atoms with E-state index in [0.717, 1.165) is 18.9 Å². The fraction of sp³-hybridized carbons (Fsp3) is 0.556. The molecule has 1 aromatic rings. The quantitative estimate of drug-likeness (QED) is 0.660. The van der Waals surface area contributed by atoms with Crippen LogP contribution in [-0.2, 0) is 17.9 Å². The summed E-state index contributed by atoms with van der Waals surface area (Å²) in [6.07, 6.45) is 3.69. The second kappa shape index (κ2) is 3.42. The molecule has 14 heavy (non-hydrogen) atoms. The van der Waals surface area contributed by atoms with Gasteiger partial charge in [0, 0.05) is 25.5 Å². The molecule has 2 heterocycles. The van der Waals surface area contributed by atoms with Crippen LogP contribution in [0.2, 0.25) is 0 Å². The molecule has 76 valence electrons. The fourth-order valence-electron chi connectivity index (χ4n) is 1.65. The highest BCUT2D eigenvalue weighted by molar-refractivity contribution is 5.81. The highest BCUT2D eigenvalue weighted by atomic mass is 16.2. The molecule has 2 N–H and O–H groups in total. The van der Waals surface area contributed by atoms with Gasteiger partial charge in [-0.15, -0.1) is 0 Å². The lowest BCUT2D eigenvalue weighted by Gasteiger charge is -2.28. The summed E-state index contributed by atoms with van der Waals surface area (Å²) >= 11 is 0. The Morgan fingerprint density at radius 1 is 1.64 bits per heavy atom. The van der Waals surface area contributed by atoms with Crippen LogP contribution in [0.3, 0.4) is 0 Å². The van der Waals surface area contributed by atoms with Crippen molar-refractivity contribution in [1.29, 1.82) is 0 Å².